The van der Waals surface area contributed by atoms with Crippen molar-refractivity contribution in [2.45, 2.75) is 91.1 Å². The molecule has 2 heteroatoms. The number of nitrogens with one attached hydrogen (secondary N) is 1. The predicted octanol–water partition coefficient (Wildman–Crippen LogP) is 4.45. The molecule has 0 aromatic heterocycles. The Kier molecular flexibility index (Phi) is 6.55. The highest BCUT2D eigenvalue weighted by Gasteiger charge is 2.39. The molecule has 2 aliphatic rings. The summed E-state index contributed by atoms with van der Waals surface area (Å²) < 4.78 is 0. The minimum absolute atomic E-state index is 0.540. The standard InChI is InChI=1S/C19H38N2/c1-5-6-12-21(18-9-10-18)15-19(14-20-16(2)3)11-7-8-17(4)13-19/h16-18,20H,5-15H2,1-4H3. The minimum atomic E-state index is 0.540. The second-order valence-electron chi connectivity index (χ2n) is 8.29. The highest BCUT2D eigenvalue weighted by molar-refractivity contribution is 4.94. The SMILES string of the molecule is CCCCN(CC1(CNC(C)C)CCCC(C)C1)C1CC1. The summed E-state index contributed by atoms with van der Waals surface area (Å²) in [4.78, 5) is 2.85. The van der Waals surface area contributed by atoms with E-state index < -0.39 is 0 Å². The molecular weight excluding hydrogens is 256 g/mol. The van der Waals surface area contributed by atoms with E-state index >= 15 is 0 Å². The molecule has 21 heavy (non-hydrogen) atoms. The molecule has 0 saturated heterocycles. The molecule has 2 aliphatic carbocycles. The molecule has 0 bridgehead atoms. The topological polar surface area (TPSA) is 15.3 Å². The smallest absolute Gasteiger partial charge is 0.00966 e. The van der Waals surface area contributed by atoms with Gasteiger partial charge in [-0.2, -0.15) is 0 Å². The van der Waals surface area contributed by atoms with Gasteiger partial charge in [-0.25, -0.2) is 0 Å². The Labute approximate surface area is 133 Å². The van der Waals surface area contributed by atoms with Crippen molar-refractivity contribution in [3.05, 3.63) is 0 Å². The molecule has 1 N–H and O–H groups in total. The van der Waals surface area contributed by atoms with Gasteiger partial charge in [-0.05, 0) is 50.0 Å². The molecule has 0 spiro atoms. The van der Waals surface area contributed by atoms with Gasteiger partial charge in [-0.1, -0.05) is 47.0 Å². The Bertz CT molecular complexity index is 298. The molecule has 2 rings (SSSR count). The van der Waals surface area contributed by atoms with Crippen LogP contribution in [0.4, 0.5) is 0 Å². The van der Waals surface area contributed by atoms with E-state index in [4.69, 9.17) is 0 Å². The summed E-state index contributed by atoms with van der Waals surface area (Å²) in [5.74, 6) is 0.917. The third-order valence-electron chi connectivity index (χ3n) is 5.47. The molecule has 0 radical (unpaired) electrons. The van der Waals surface area contributed by atoms with Gasteiger partial charge in [0.15, 0.2) is 0 Å². The predicted molar refractivity (Wildman–Crippen MR) is 92.7 cm³/mol. The second kappa shape index (κ2) is 7.97. The summed E-state index contributed by atoms with van der Waals surface area (Å²) in [6.07, 6.45) is 11.4. The Balaban J connectivity index is 1.98. The molecule has 2 saturated carbocycles. The van der Waals surface area contributed by atoms with Gasteiger partial charge in [0, 0.05) is 25.2 Å². The van der Waals surface area contributed by atoms with Crippen LogP contribution in [0.2, 0.25) is 0 Å². The van der Waals surface area contributed by atoms with Crippen LogP contribution in [0.15, 0.2) is 0 Å². The number of hydrogen-bond acceptors (Lipinski definition) is 2. The lowest BCUT2D eigenvalue weighted by atomic mass is 9.69. The van der Waals surface area contributed by atoms with Gasteiger partial charge < -0.3 is 5.32 Å². The third-order valence-corrected chi connectivity index (χ3v) is 5.47. The van der Waals surface area contributed by atoms with Crippen molar-refractivity contribution < 1.29 is 0 Å². The Morgan fingerprint density at radius 1 is 1.24 bits per heavy atom. The van der Waals surface area contributed by atoms with Gasteiger partial charge in [-0.15, -0.1) is 0 Å². The normalized spacial score (nSPS) is 30.3. The molecule has 0 amide bonds. The maximum Gasteiger partial charge on any atom is 0.00966 e. The van der Waals surface area contributed by atoms with Crippen LogP contribution < -0.4 is 5.32 Å². The third kappa shape index (κ3) is 5.56. The van der Waals surface area contributed by atoms with E-state index in [9.17, 15) is 0 Å². The summed E-state index contributed by atoms with van der Waals surface area (Å²) in [6, 6.07) is 1.54. The lowest BCUT2D eigenvalue weighted by Crippen LogP contribution is -2.48. The van der Waals surface area contributed by atoms with Crippen molar-refractivity contribution >= 4 is 0 Å². The van der Waals surface area contributed by atoms with Crippen molar-refractivity contribution in [1.82, 2.24) is 10.2 Å². The second-order valence-corrected chi connectivity index (χ2v) is 8.29. The van der Waals surface area contributed by atoms with Crippen molar-refractivity contribution in [3.63, 3.8) is 0 Å². The Hall–Kier alpha value is -0.0800. The first-order chi connectivity index (χ1) is 10.0. The van der Waals surface area contributed by atoms with E-state index in [2.05, 4.69) is 37.9 Å². The molecule has 2 fully saturated rings. The molecule has 0 aromatic rings. The molecule has 124 valence electrons. The van der Waals surface area contributed by atoms with Crippen molar-refractivity contribution in [1.29, 1.82) is 0 Å². The van der Waals surface area contributed by atoms with Gasteiger partial charge in [0.25, 0.3) is 0 Å². The maximum atomic E-state index is 3.77. The zero-order valence-corrected chi connectivity index (χ0v) is 15.0. The fraction of sp³-hybridized carbons (Fsp3) is 1.00. The largest absolute Gasteiger partial charge is 0.314 e. The van der Waals surface area contributed by atoms with Crippen LogP contribution in [0.25, 0.3) is 0 Å². The van der Waals surface area contributed by atoms with E-state index in [0.717, 1.165) is 12.0 Å². The zero-order valence-electron chi connectivity index (χ0n) is 15.0. The Morgan fingerprint density at radius 2 is 2.00 bits per heavy atom. The summed E-state index contributed by atoms with van der Waals surface area (Å²) >= 11 is 0. The van der Waals surface area contributed by atoms with E-state index in [1.165, 1.54) is 71.0 Å². The fourth-order valence-corrected chi connectivity index (χ4v) is 4.17. The van der Waals surface area contributed by atoms with Crippen LogP contribution in [0, 0.1) is 11.3 Å². The number of rotatable bonds is 9. The number of nitrogens with zero attached hydrogens (tertiary/aromatic N) is 1. The first kappa shape index (κ1) is 17.3. The van der Waals surface area contributed by atoms with Crippen LogP contribution >= 0.6 is 0 Å². The van der Waals surface area contributed by atoms with Crippen LogP contribution in [-0.4, -0.2) is 36.6 Å². The Morgan fingerprint density at radius 3 is 2.57 bits per heavy atom. The first-order valence-electron chi connectivity index (χ1n) is 9.52. The lowest BCUT2D eigenvalue weighted by Gasteiger charge is -2.44. The highest BCUT2D eigenvalue weighted by atomic mass is 15.2. The molecule has 2 unspecified atom stereocenters. The lowest BCUT2D eigenvalue weighted by molar-refractivity contribution is 0.0732. The summed E-state index contributed by atoms with van der Waals surface area (Å²) in [6.45, 7) is 13.3. The monoisotopic (exact) mass is 294 g/mol. The van der Waals surface area contributed by atoms with Crippen LogP contribution in [-0.2, 0) is 0 Å². The van der Waals surface area contributed by atoms with E-state index in [0.29, 0.717) is 11.5 Å². The molecule has 0 heterocycles. The summed E-state index contributed by atoms with van der Waals surface area (Å²) in [5.41, 5.74) is 0.540. The minimum Gasteiger partial charge on any atom is -0.314 e. The van der Waals surface area contributed by atoms with Crippen molar-refractivity contribution in [3.8, 4) is 0 Å². The average Bonchev–Trinajstić information content (AvgIpc) is 3.26. The van der Waals surface area contributed by atoms with Gasteiger partial charge in [0.1, 0.15) is 0 Å². The fourth-order valence-electron chi connectivity index (χ4n) is 4.17. The van der Waals surface area contributed by atoms with Crippen molar-refractivity contribution in [2.24, 2.45) is 11.3 Å². The van der Waals surface area contributed by atoms with E-state index in [1.807, 2.05) is 0 Å². The van der Waals surface area contributed by atoms with Crippen molar-refractivity contribution in [2.75, 3.05) is 19.6 Å². The number of unbranched alkanes of at least 4 members (excludes halogenated alkanes) is 1. The quantitative estimate of drug-likeness (QED) is 0.676. The van der Waals surface area contributed by atoms with E-state index in [1.54, 1.807) is 0 Å². The van der Waals surface area contributed by atoms with Crippen LogP contribution in [0.1, 0.15) is 79.1 Å². The zero-order chi connectivity index (χ0) is 15.3. The molecule has 2 atom stereocenters. The first-order valence-corrected chi connectivity index (χ1v) is 9.52. The van der Waals surface area contributed by atoms with Gasteiger partial charge in [-0.3, -0.25) is 4.90 Å². The van der Waals surface area contributed by atoms with Gasteiger partial charge in [0.2, 0.25) is 0 Å². The molecule has 2 nitrogen and oxygen atoms in total. The average molecular weight is 295 g/mol. The number of hydrogen-bond donors (Lipinski definition) is 1. The molecular formula is C19H38N2. The highest BCUT2D eigenvalue weighted by Crippen LogP contribution is 2.41. The van der Waals surface area contributed by atoms with Gasteiger partial charge in [0.05, 0.1) is 0 Å². The molecule has 0 aromatic carbocycles. The summed E-state index contributed by atoms with van der Waals surface area (Å²) in [5, 5.41) is 3.77. The van der Waals surface area contributed by atoms with Crippen LogP contribution in [0.5, 0.6) is 0 Å². The van der Waals surface area contributed by atoms with Crippen LogP contribution in [0.3, 0.4) is 0 Å². The summed E-state index contributed by atoms with van der Waals surface area (Å²) in [7, 11) is 0. The maximum absolute atomic E-state index is 3.77. The van der Waals surface area contributed by atoms with E-state index in [-0.39, 0.29) is 0 Å². The van der Waals surface area contributed by atoms with Gasteiger partial charge >= 0.3 is 0 Å². The molecule has 0 aliphatic heterocycles.